The molecule has 8 nitrogen and oxygen atoms in total. The van der Waals surface area contributed by atoms with E-state index in [0.717, 1.165) is 48.2 Å². The van der Waals surface area contributed by atoms with Gasteiger partial charge in [-0.3, -0.25) is 9.58 Å². The minimum atomic E-state index is -0.408. The summed E-state index contributed by atoms with van der Waals surface area (Å²) in [5.41, 5.74) is 5.49. The molecule has 0 bridgehead atoms. The van der Waals surface area contributed by atoms with Crippen molar-refractivity contribution in [3.63, 3.8) is 0 Å². The van der Waals surface area contributed by atoms with Crippen LogP contribution in [0, 0.1) is 13.8 Å². The first kappa shape index (κ1) is 21.9. The fourth-order valence-corrected chi connectivity index (χ4v) is 5.72. The Bertz CT molecular complexity index is 1210. The summed E-state index contributed by atoms with van der Waals surface area (Å²) < 4.78 is 7.67. The van der Waals surface area contributed by atoms with Crippen LogP contribution in [0.25, 0.3) is 10.9 Å². The number of aromatic nitrogens is 4. The second-order valence-electron chi connectivity index (χ2n) is 10.6. The summed E-state index contributed by atoms with van der Waals surface area (Å²) in [6.07, 6.45) is 7.95. The maximum absolute atomic E-state index is 10.4. The van der Waals surface area contributed by atoms with E-state index >= 15 is 0 Å². The molecule has 6 rings (SSSR count). The summed E-state index contributed by atoms with van der Waals surface area (Å²) in [6, 6.07) is 5.03. The van der Waals surface area contributed by atoms with Crippen LogP contribution < -0.4 is 5.32 Å². The third-order valence-corrected chi connectivity index (χ3v) is 8.20. The number of benzene rings is 1. The van der Waals surface area contributed by atoms with Gasteiger partial charge in [-0.05, 0) is 88.7 Å². The highest BCUT2D eigenvalue weighted by molar-refractivity contribution is 5.81. The van der Waals surface area contributed by atoms with Crippen LogP contribution in [0.15, 0.2) is 24.5 Å². The van der Waals surface area contributed by atoms with Gasteiger partial charge < -0.3 is 15.2 Å². The molecule has 3 aromatic rings. The quantitative estimate of drug-likeness (QED) is 0.595. The monoisotopic (exact) mass is 462 g/mol. The number of piperidine rings is 1. The molecule has 34 heavy (non-hydrogen) atoms. The van der Waals surface area contributed by atoms with Gasteiger partial charge in [-0.2, -0.15) is 5.10 Å². The molecule has 0 radical (unpaired) electrons. The molecular formula is C26H34N6O2. The number of fused-ring (bicyclic) bond motifs is 1. The van der Waals surface area contributed by atoms with Crippen LogP contribution in [-0.4, -0.2) is 67.7 Å². The Hall–Kier alpha value is -2.55. The minimum Gasteiger partial charge on any atom is -0.389 e. The minimum absolute atomic E-state index is 0.261. The number of hydrogen-bond donors (Lipinski definition) is 2. The van der Waals surface area contributed by atoms with E-state index in [1.54, 1.807) is 0 Å². The normalized spacial score (nSPS) is 26.4. The Morgan fingerprint density at radius 1 is 1.12 bits per heavy atom. The lowest BCUT2D eigenvalue weighted by Crippen LogP contribution is -2.56. The Morgan fingerprint density at radius 3 is 2.62 bits per heavy atom. The molecule has 3 aliphatic rings. The summed E-state index contributed by atoms with van der Waals surface area (Å²) in [7, 11) is 0. The number of aliphatic hydroxyl groups excluding tert-OH is 1. The lowest BCUT2D eigenvalue weighted by molar-refractivity contribution is -0.00214. The van der Waals surface area contributed by atoms with Gasteiger partial charge in [0.2, 0.25) is 5.95 Å². The molecule has 1 aliphatic carbocycles. The molecule has 2 aromatic heterocycles. The maximum Gasteiger partial charge on any atom is 0.227 e. The van der Waals surface area contributed by atoms with Crippen LogP contribution in [0.1, 0.15) is 61.4 Å². The maximum atomic E-state index is 10.4. The van der Waals surface area contributed by atoms with E-state index < -0.39 is 6.10 Å². The molecule has 2 saturated heterocycles. The van der Waals surface area contributed by atoms with Crippen LogP contribution >= 0.6 is 0 Å². The first-order valence-electron chi connectivity index (χ1n) is 12.5. The molecule has 180 valence electrons. The van der Waals surface area contributed by atoms with Crippen LogP contribution in [0.4, 0.5) is 11.6 Å². The summed E-state index contributed by atoms with van der Waals surface area (Å²) in [6.45, 7) is 9.42. The van der Waals surface area contributed by atoms with Gasteiger partial charge in [-0.15, -0.1) is 0 Å². The molecule has 2 aliphatic heterocycles. The second kappa shape index (κ2) is 8.29. The van der Waals surface area contributed by atoms with E-state index in [1.807, 2.05) is 12.4 Å². The number of rotatable bonds is 5. The van der Waals surface area contributed by atoms with Crippen molar-refractivity contribution in [3.05, 3.63) is 41.3 Å². The van der Waals surface area contributed by atoms with Gasteiger partial charge in [-0.25, -0.2) is 9.97 Å². The van der Waals surface area contributed by atoms with Gasteiger partial charge in [0, 0.05) is 11.6 Å². The molecule has 0 spiro atoms. The highest BCUT2D eigenvalue weighted by atomic mass is 16.5. The summed E-state index contributed by atoms with van der Waals surface area (Å²) >= 11 is 0. The second-order valence-corrected chi connectivity index (χ2v) is 10.6. The number of anilines is 2. The number of aliphatic hydroxyl groups is 1. The first-order chi connectivity index (χ1) is 16.4. The van der Waals surface area contributed by atoms with Crippen molar-refractivity contribution in [1.29, 1.82) is 0 Å². The van der Waals surface area contributed by atoms with Crippen molar-refractivity contribution in [1.82, 2.24) is 24.6 Å². The van der Waals surface area contributed by atoms with Crippen molar-refractivity contribution >= 4 is 22.5 Å². The third kappa shape index (κ3) is 3.78. The van der Waals surface area contributed by atoms with Gasteiger partial charge in [0.15, 0.2) is 0 Å². The van der Waals surface area contributed by atoms with Crippen LogP contribution in [0.5, 0.6) is 0 Å². The lowest BCUT2D eigenvalue weighted by atomic mass is 9.84. The molecule has 4 heterocycles. The summed E-state index contributed by atoms with van der Waals surface area (Å²) in [5, 5.41) is 19.4. The topological polar surface area (TPSA) is 88.3 Å². The Balaban J connectivity index is 1.21. The molecule has 3 fully saturated rings. The van der Waals surface area contributed by atoms with Crippen LogP contribution in [0.2, 0.25) is 0 Å². The highest BCUT2D eigenvalue weighted by Gasteiger charge is 2.45. The van der Waals surface area contributed by atoms with E-state index in [1.165, 1.54) is 24.0 Å². The van der Waals surface area contributed by atoms with E-state index in [-0.39, 0.29) is 5.54 Å². The smallest absolute Gasteiger partial charge is 0.227 e. The van der Waals surface area contributed by atoms with Crippen LogP contribution in [-0.2, 0) is 4.74 Å². The molecule has 2 atom stereocenters. The molecule has 0 amide bonds. The van der Waals surface area contributed by atoms with Gasteiger partial charge in [0.05, 0.1) is 54.0 Å². The molecular weight excluding hydrogens is 428 g/mol. The molecule has 8 heteroatoms. The first-order valence-corrected chi connectivity index (χ1v) is 12.5. The van der Waals surface area contributed by atoms with Gasteiger partial charge in [-0.1, -0.05) is 0 Å². The van der Waals surface area contributed by atoms with Crippen LogP contribution in [0.3, 0.4) is 0 Å². The van der Waals surface area contributed by atoms with Crippen molar-refractivity contribution < 1.29 is 9.84 Å². The molecule has 2 unspecified atom stereocenters. The van der Waals surface area contributed by atoms with Crippen molar-refractivity contribution in [2.45, 2.75) is 70.1 Å². The average molecular weight is 463 g/mol. The molecule has 1 aromatic carbocycles. The lowest BCUT2D eigenvalue weighted by Gasteiger charge is -2.43. The van der Waals surface area contributed by atoms with E-state index in [4.69, 9.17) is 9.72 Å². The van der Waals surface area contributed by atoms with Crippen molar-refractivity contribution in [3.8, 4) is 0 Å². The molecule has 2 N–H and O–H groups in total. The van der Waals surface area contributed by atoms with E-state index in [9.17, 15) is 5.11 Å². The predicted molar refractivity (Wildman–Crippen MR) is 132 cm³/mol. The molecule has 1 saturated carbocycles. The van der Waals surface area contributed by atoms with E-state index in [2.05, 4.69) is 57.9 Å². The summed E-state index contributed by atoms with van der Waals surface area (Å²) in [5.74, 6) is 1.10. The van der Waals surface area contributed by atoms with Crippen molar-refractivity contribution in [2.24, 2.45) is 0 Å². The fourth-order valence-electron chi connectivity index (χ4n) is 5.72. The number of aryl methyl sites for hydroxylation is 1. The fraction of sp³-hybridized carbons (Fsp3) is 0.577. The Labute approximate surface area is 200 Å². The summed E-state index contributed by atoms with van der Waals surface area (Å²) in [4.78, 5) is 11.8. The Kier molecular flexibility index (Phi) is 5.35. The average Bonchev–Trinajstić information content (AvgIpc) is 3.54. The Morgan fingerprint density at radius 2 is 1.91 bits per heavy atom. The number of nitrogens with one attached hydrogen (secondary N) is 1. The van der Waals surface area contributed by atoms with Gasteiger partial charge >= 0.3 is 0 Å². The third-order valence-electron chi connectivity index (χ3n) is 8.20. The largest absolute Gasteiger partial charge is 0.389 e. The standard InChI is InChI=1S/C26H34N6O2/c1-16-10-19-12-27-25(30-23-13-28-32(17(23)2)20-4-5-20)29-22(19)11-21(16)18-6-8-31(9-7-18)26(3)15-34-14-24(26)33/h10-13,18,20,24,33H,4-9,14-15H2,1-3H3,(H,27,29,30). The SMILES string of the molecule is Cc1cc2cnc(Nc3cnn(C4CC4)c3C)nc2cc1C1CCN(C2(C)COCC2O)CC1. The zero-order valence-electron chi connectivity index (χ0n) is 20.3. The van der Waals surface area contributed by atoms with Gasteiger partial charge in [0.1, 0.15) is 0 Å². The zero-order valence-corrected chi connectivity index (χ0v) is 20.3. The van der Waals surface area contributed by atoms with Crippen molar-refractivity contribution in [2.75, 3.05) is 31.6 Å². The number of hydrogen-bond acceptors (Lipinski definition) is 7. The number of likely N-dealkylation sites (tertiary alicyclic amines) is 1. The predicted octanol–water partition coefficient (Wildman–Crippen LogP) is 3.85. The number of ether oxygens (including phenoxy) is 1. The number of nitrogens with zero attached hydrogens (tertiary/aromatic N) is 5. The highest BCUT2D eigenvalue weighted by Crippen LogP contribution is 2.38. The zero-order chi connectivity index (χ0) is 23.4. The van der Waals surface area contributed by atoms with E-state index in [0.29, 0.717) is 31.1 Å². The van der Waals surface area contributed by atoms with Gasteiger partial charge in [0.25, 0.3) is 0 Å².